The van der Waals surface area contributed by atoms with Crippen LogP contribution in [0.5, 0.6) is 0 Å². The first-order chi connectivity index (χ1) is 10.1. The second kappa shape index (κ2) is 8.36. The Morgan fingerprint density at radius 1 is 1.33 bits per heavy atom. The van der Waals surface area contributed by atoms with Gasteiger partial charge in [-0.25, -0.2) is 0 Å². The lowest BCUT2D eigenvalue weighted by Crippen LogP contribution is -2.40. The van der Waals surface area contributed by atoms with E-state index in [-0.39, 0.29) is 18.6 Å². The van der Waals surface area contributed by atoms with Crippen molar-refractivity contribution >= 4 is 17.7 Å². The first-order valence-electron chi connectivity index (χ1n) is 7.98. The number of hydrogen-bond donors (Lipinski definition) is 1. The molecule has 2 fully saturated rings. The van der Waals surface area contributed by atoms with Crippen LogP contribution >= 0.6 is 11.8 Å². The molecule has 122 valence electrons. The number of carbonyl (C=O) groups is 1. The van der Waals surface area contributed by atoms with Crippen LogP contribution in [0.4, 0.5) is 0 Å². The van der Waals surface area contributed by atoms with Gasteiger partial charge < -0.3 is 19.8 Å². The SMILES string of the molecule is CN(C)[C@@H]1C[C@@H](CO)N(C(=O)CSCCN2CCCC2)C1. The van der Waals surface area contributed by atoms with Gasteiger partial charge in [-0.1, -0.05) is 0 Å². The van der Waals surface area contributed by atoms with Crippen LogP contribution in [-0.2, 0) is 4.79 Å². The lowest BCUT2D eigenvalue weighted by Gasteiger charge is -2.23. The molecule has 2 atom stereocenters. The maximum Gasteiger partial charge on any atom is 0.232 e. The summed E-state index contributed by atoms with van der Waals surface area (Å²) in [6, 6.07) is 0.379. The Labute approximate surface area is 132 Å². The smallest absolute Gasteiger partial charge is 0.232 e. The molecule has 0 aromatic rings. The molecule has 0 spiro atoms. The molecule has 2 saturated heterocycles. The van der Waals surface area contributed by atoms with E-state index in [1.54, 1.807) is 11.8 Å². The zero-order valence-corrected chi connectivity index (χ0v) is 14.1. The zero-order chi connectivity index (χ0) is 15.2. The summed E-state index contributed by atoms with van der Waals surface area (Å²) in [5.74, 6) is 1.76. The predicted octanol–water partition coefficient (Wildman–Crippen LogP) is 0.339. The molecule has 0 bridgehead atoms. The van der Waals surface area contributed by atoms with Crippen molar-refractivity contribution in [2.45, 2.75) is 31.3 Å². The summed E-state index contributed by atoms with van der Waals surface area (Å²) < 4.78 is 0. The highest BCUT2D eigenvalue weighted by atomic mass is 32.2. The Kier molecular flexibility index (Phi) is 6.79. The molecular weight excluding hydrogens is 286 g/mol. The van der Waals surface area contributed by atoms with Crippen LogP contribution in [0.3, 0.4) is 0 Å². The Morgan fingerprint density at radius 3 is 2.67 bits per heavy atom. The lowest BCUT2D eigenvalue weighted by molar-refractivity contribution is -0.129. The number of aliphatic hydroxyl groups is 1. The van der Waals surface area contributed by atoms with E-state index in [1.807, 2.05) is 19.0 Å². The summed E-state index contributed by atoms with van der Waals surface area (Å²) in [4.78, 5) is 18.9. The Balaban J connectivity index is 1.69. The molecule has 2 rings (SSSR count). The minimum Gasteiger partial charge on any atom is -0.394 e. The maximum absolute atomic E-state index is 12.3. The number of likely N-dealkylation sites (N-methyl/N-ethyl adjacent to an activating group) is 1. The van der Waals surface area contributed by atoms with Crippen molar-refractivity contribution in [3.63, 3.8) is 0 Å². The van der Waals surface area contributed by atoms with Crippen molar-refractivity contribution in [2.24, 2.45) is 0 Å². The highest BCUT2D eigenvalue weighted by molar-refractivity contribution is 7.99. The highest BCUT2D eigenvalue weighted by Crippen LogP contribution is 2.21. The number of nitrogens with zero attached hydrogens (tertiary/aromatic N) is 3. The normalized spacial score (nSPS) is 27.0. The molecule has 21 heavy (non-hydrogen) atoms. The van der Waals surface area contributed by atoms with Gasteiger partial charge in [-0.05, 0) is 46.4 Å². The predicted molar refractivity (Wildman–Crippen MR) is 87.7 cm³/mol. The number of aliphatic hydroxyl groups excluding tert-OH is 1. The van der Waals surface area contributed by atoms with Gasteiger partial charge in [0.25, 0.3) is 0 Å². The van der Waals surface area contributed by atoms with Gasteiger partial charge >= 0.3 is 0 Å². The van der Waals surface area contributed by atoms with E-state index >= 15 is 0 Å². The van der Waals surface area contributed by atoms with Crippen LogP contribution < -0.4 is 0 Å². The molecule has 0 aromatic carbocycles. The van der Waals surface area contributed by atoms with Gasteiger partial charge in [-0.2, -0.15) is 11.8 Å². The van der Waals surface area contributed by atoms with E-state index in [0.717, 1.165) is 25.3 Å². The van der Waals surface area contributed by atoms with E-state index in [2.05, 4.69) is 9.80 Å². The second-order valence-electron chi connectivity index (χ2n) is 6.34. The number of hydrogen-bond acceptors (Lipinski definition) is 5. The minimum absolute atomic E-state index is 0.00378. The zero-order valence-electron chi connectivity index (χ0n) is 13.3. The standard InChI is InChI=1S/C15H29N3O2S/c1-16(2)13-9-14(11-19)18(10-13)15(20)12-21-8-7-17-5-3-4-6-17/h13-14,19H,3-12H2,1-2H3/t13-,14+/m1/s1. The van der Waals surface area contributed by atoms with E-state index < -0.39 is 0 Å². The molecule has 1 N–H and O–H groups in total. The van der Waals surface area contributed by atoms with E-state index in [9.17, 15) is 9.90 Å². The molecule has 6 heteroatoms. The van der Waals surface area contributed by atoms with Crippen LogP contribution in [0.25, 0.3) is 0 Å². The van der Waals surface area contributed by atoms with E-state index in [4.69, 9.17) is 0 Å². The summed E-state index contributed by atoms with van der Waals surface area (Å²) in [7, 11) is 4.08. The number of amides is 1. The number of thioether (sulfide) groups is 1. The van der Waals surface area contributed by atoms with Crippen molar-refractivity contribution in [3.8, 4) is 0 Å². The number of rotatable bonds is 7. The van der Waals surface area contributed by atoms with Crippen molar-refractivity contribution in [1.82, 2.24) is 14.7 Å². The Morgan fingerprint density at radius 2 is 2.05 bits per heavy atom. The maximum atomic E-state index is 12.3. The van der Waals surface area contributed by atoms with E-state index in [1.165, 1.54) is 25.9 Å². The molecule has 0 radical (unpaired) electrons. The van der Waals surface area contributed by atoms with E-state index in [0.29, 0.717) is 11.8 Å². The van der Waals surface area contributed by atoms with Gasteiger partial charge in [0.2, 0.25) is 5.91 Å². The fraction of sp³-hybridized carbons (Fsp3) is 0.933. The largest absolute Gasteiger partial charge is 0.394 e. The first kappa shape index (κ1) is 17.1. The molecule has 0 unspecified atom stereocenters. The molecule has 5 nitrogen and oxygen atoms in total. The average molecular weight is 315 g/mol. The van der Waals surface area contributed by atoms with Gasteiger partial charge in [0.05, 0.1) is 18.4 Å². The van der Waals surface area contributed by atoms with Crippen LogP contribution in [0, 0.1) is 0 Å². The fourth-order valence-corrected chi connectivity index (χ4v) is 4.06. The molecule has 0 aliphatic carbocycles. The lowest BCUT2D eigenvalue weighted by atomic mass is 10.2. The molecule has 0 aromatic heterocycles. The summed E-state index contributed by atoms with van der Waals surface area (Å²) in [5, 5.41) is 9.47. The van der Waals surface area contributed by atoms with Crippen LogP contribution in [0.15, 0.2) is 0 Å². The van der Waals surface area contributed by atoms with Crippen LogP contribution in [0.2, 0.25) is 0 Å². The Bertz CT molecular complexity index is 335. The minimum atomic E-state index is 0.00378. The van der Waals surface area contributed by atoms with Crippen LogP contribution in [-0.4, -0.2) is 96.2 Å². The third-order valence-electron chi connectivity index (χ3n) is 4.63. The summed E-state index contributed by atoms with van der Waals surface area (Å²) >= 11 is 1.73. The number of likely N-dealkylation sites (tertiary alicyclic amines) is 2. The van der Waals surface area contributed by atoms with Crippen molar-refractivity contribution < 1.29 is 9.90 Å². The molecule has 2 aliphatic heterocycles. The number of carbonyl (C=O) groups excluding carboxylic acids is 1. The van der Waals surface area contributed by atoms with Gasteiger partial charge in [0.15, 0.2) is 0 Å². The third kappa shape index (κ3) is 4.84. The highest BCUT2D eigenvalue weighted by Gasteiger charge is 2.35. The molecule has 1 amide bonds. The van der Waals surface area contributed by atoms with Crippen LogP contribution in [0.1, 0.15) is 19.3 Å². The van der Waals surface area contributed by atoms with Gasteiger partial charge in [0.1, 0.15) is 0 Å². The summed E-state index contributed by atoms with van der Waals surface area (Å²) in [6.45, 7) is 4.37. The van der Waals surface area contributed by atoms with Crippen molar-refractivity contribution in [3.05, 3.63) is 0 Å². The molecule has 2 heterocycles. The monoisotopic (exact) mass is 315 g/mol. The molecular formula is C15H29N3O2S. The van der Waals surface area contributed by atoms with Crippen molar-refractivity contribution in [1.29, 1.82) is 0 Å². The van der Waals surface area contributed by atoms with Gasteiger partial charge in [0, 0.05) is 24.9 Å². The molecule has 2 aliphatic rings. The second-order valence-corrected chi connectivity index (χ2v) is 7.44. The topological polar surface area (TPSA) is 47.0 Å². The molecule has 0 saturated carbocycles. The average Bonchev–Trinajstić information content (AvgIpc) is 3.12. The Hall–Kier alpha value is -0.300. The summed E-state index contributed by atoms with van der Waals surface area (Å²) in [5.41, 5.74) is 0. The van der Waals surface area contributed by atoms with Crippen molar-refractivity contribution in [2.75, 3.05) is 58.4 Å². The quantitative estimate of drug-likeness (QED) is 0.687. The first-order valence-corrected chi connectivity index (χ1v) is 9.14. The third-order valence-corrected chi connectivity index (χ3v) is 5.55. The fourth-order valence-electron chi connectivity index (χ4n) is 3.19. The summed E-state index contributed by atoms with van der Waals surface area (Å²) in [6.07, 6.45) is 3.52. The van der Waals surface area contributed by atoms with Gasteiger partial charge in [-0.15, -0.1) is 0 Å². The van der Waals surface area contributed by atoms with Gasteiger partial charge in [-0.3, -0.25) is 4.79 Å².